The van der Waals surface area contributed by atoms with E-state index in [9.17, 15) is 0 Å². The van der Waals surface area contributed by atoms with Gasteiger partial charge in [0, 0.05) is 0 Å². The Morgan fingerprint density at radius 2 is 1.73 bits per heavy atom. The summed E-state index contributed by atoms with van der Waals surface area (Å²) in [5, 5.41) is 0. The molecule has 0 atom stereocenters. The van der Waals surface area contributed by atoms with Gasteiger partial charge in [0.25, 0.3) is 0 Å². The smallest absolute Gasteiger partial charge is 0.0892 e. The molecule has 0 saturated heterocycles. The van der Waals surface area contributed by atoms with Crippen molar-refractivity contribution in [2.45, 2.75) is 20.3 Å². The van der Waals surface area contributed by atoms with Crippen LogP contribution in [0, 0.1) is 13.8 Å². The molecule has 0 radical (unpaired) electrons. The second-order valence-corrected chi connectivity index (χ2v) is 3.76. The van der Waals surface area contributed by atoms with E-state index in [1.165, 1.54) is 5.56 Å². The highest BCUT2D eigenvalue weighted by atomic mass is 14.8. The lowest BCUT2D eigenvalue weighted by atomic mass is 10.1. The zero-order valence-corrected chi connectivity index (χ0v) is 9.12. The average molecular weight is 201 g/mol. The normalized spacial score (nSPS) is 10.9. The quantitative estimate of drug-likeness (QED) is 0.805. The van der Waals surface area contributed by atoms with Crippen molar-refractivity contribution in [3.05, 3.63) is 35.2 Å². The van der Waals surface area contributed by atoms with E-state index in [4.69, 9.17) is 5.73 Å². The van der Waals surface area contributed by atoms with Gasteiger partial charge in [0.2, 0.25) is 0 Å². The topological polar surface area (TPSA) is 51.8 Å². The number of nitrogens with zero attached hydrogens (tertiary/aromatic N) is 2. The van der Waals surface area contributed by atoms with Crippen molar-refractivity contribution < 1.29 is 0 Å². The lowest BCUT2D eigenvalue weighted by molar-refractivity contribution is 0.968. The minimum atomic E-state index is 0.670. The minimum absolute atomic E-state index is 0.670. The van der Waals surface area contributed by atoms with Crippen LogP contribution in [0.5, 0.6) is 0 Å². The summed E-state index contributed by atoms with van der Waals surface area (Å²) in [6.45, 7) is 4.64. The number of rotatable bonds is 2. The highest BCUT2D eigenvalue weighted by Crippen LogP contribution is 2.14. The molecule has 3 nitrogen and oxygen atoms in total. The molecule has 1 aromatic heterocycles. The van der Waals surface area contributed by atoms with Crippen LogP contribution in [-0.4, -0.2) is 16.5 Å². The molecule has 2 aromatic rings. The van der Waals surface area contributed by atoms with E-state index < -0.39 is 0 Å². The molecule has 2 N–H and O–H groups in total. The molecule has 0 aliphatic carbocycles. The first-order valence-electron chi connectivity index (χ1n) is 5.14. The van der Waals surface area contributed by atoms with Crippen LogP contribution in [0.2, 0.25) is 0 Å². The maximum absolute atomic E-state index is 5.52. The standard InChI is InChI=1S/C12H15N3/c1-8-9(2)15-12-7-10(5-6-13)3-4-11(12)14-8/h3-4,7H,5-6,13H2,1-2H3. The van der Waals surface area contributed by atoms with Crippen molar-refractivity contribution in [3.8, 4) is 0 Å². The third-order valence-corrected chi connectivity index (χ3v) is 2.57. The summed E-state index contributed by atoms with van der Waals surface area (Å²) in [5.74, 6) is 0. The second kappa shape index (κ2) is 3.95. The van der Waals surface area contributed by atoms with E-state index in [2.05, 4.69) is 22.1 Å². The Morgan fingerprint density at radius 3 is 2.40 bits per heavy atom. The molecule has 2 rings (SSSR count). The van der Waals surface area contributed by atoms with Crippen molar-refractivity contribution >= 4 is 11.0 Å². The van der Waals surface area contributed by atoms with E-state index in [1.54, 1.807) is 0 Å². The fraction of sp³-hybridized carbons (Fsp3) is 0.333. The number of hydrogen-bond donors (Lipinski definition) is 1. The van der Waals surface area contributed by atoms with Crippen LogP contribution in [0.4, 0.5) is 0 Å². The molecular weight excluding hydrogens is 186 g/mol. The summed E-state index contributed by atoms with van der Waals surface area (Å²) in [7, 11) is 0. The van der Waals surface area contributed by atoms with E-state index in [0.29, 0.717) is 6.54 Å². The summed E-state index contributed by atoms with van der Waals surface area (Å²) in [6, 6.07) is 6.15. The Labute approximate surface area is 89.4 Å². The molecule has 0 saturated carbocycles. The van der Waals surface area contributed by atoms with Gasteiger partial charge in [0.1, 0.15) is 0 Å². The highest BCUT2D eigenvalue weighted by Gasteiger charge is 2.01. The molecule has 0 aliphatic heterocycles. The van der Waals surface area contributed by atoms with Gasteiger partial charge in [-0.2, -0.15) is 0 Å². The van der Waals surface area contributed by atoms with Crippen LogP contribution >= 0.6 is 0 Å². The summed E-state index contributed by atoms with van der Waals surface area (Å²) in [5.41, 5.74) is 10.7. The van der Waals surface area contributed by atoms with Gasteiger partial charge in [-0.05, 0) is 44.5 Å². The van der Waals surface area contributed by atoms with Gasteiger partial charge in [-0.15, -0.1) is 0 Å². The molecule has 15 heavy (non-hydrogen) atoms. The lowest BCUT2D eigenvalue weighted by Gasteiger charge is -2.04. The largest absolute Gasteiger partial charge is 0.330 e. The molecule has 0 unspecified atom stereocenters. The molecule has 3 heteroatoms. The molecule has 0 amide bonds. The number of fused-ring (bicyclic) bond motifs is 1. The number of aryl methyl sites for hydroxylation is 2. The van der Waals surface area contributed by atoms with Crippen LogP contribution in [0.3, 0.4) is 0 Å². The molecule has 0 aliphatic rings. The van der Waals surface area contributed by atoms with Crippen LogP contribution in [0.25, 0.3) is 11.0 Å². The average Bonchev–Trinajstić information content (AvgIpc) is 2.21. The van der Waals surface area contributed by atoms with Crippen LogP contribution in [0.1, 0.15) is 17.0 Å². The first-order valence-corrected chi connectivity index (χ1v) is 5.14. The van der Waals surface area contributed by atoms with E-state index >= 15 is 0 Å². The summed E-state index contributed by atoms with van der Waals surface area (Å²) < 4.78 is 0. The molecule has 1 heterocycles. The maximum atomic E-state index is 5.52. The highest BCUT2D eigenvalue weighted by molar-refractivity contribution is 5.75. The van der Waals surface area contributed by atoms with Gasteiger partial charge in [0.05, 0.1) is 22.4 Å². The number of nitrogens with two attached hydrogens (primary N) is 1. The van der Waals surface area contributed by atoms with Crippen molar-refractivity contribution in [1.82, 2.24) is 9.97 Å². The number of aromatic nitrogens is 2. The van der Waals surface area contributed by atoms with Gasteiger partial charge < -0.3 is 5.73 Å². The van der Waals surface area contributed by atoms with E-state index in [1.807, 2.05) is 19.9 Å². The zero-order valence-electron chi connectivity index (χ0n) is 9.12. The minimum Gasteiger partial charge on any atom is -0.330 e. The predicted molar refractivity (Wildman–Crippen MR) is 61.8 cm³/mol. The Morgan fingerprint density at radius 1 is 1.07 bits per heavy atom. The third-order valence-electron chi connectivity index (χ3n) is 2.57. The van der Waals surface area contributed by atoms with Gasteiger partial charge in [-0.25, -0.2) is 9.97 Å². The molecule has 0 bridgehead atoms. The van der Waals surface area contributed by atoms with Crippen molar-refractivity contribution in [2.75, 3.05) is 6.54 Å². The fourth-order valence-corrected chi connectivity index (χ4v) is 1.60. The zero-order chi connectivity index (χ0) is 10.8. The second-order valence-electron chi connectivity index (χ2n) is 3.76. The first kappa shape index (κ1) is 10.1. The third kappa shape index (κ3) is 1.97. The van der Waals surface area contributed by atoms with Crippen LogP contribution in [-0.2, 0) is 6.42 Å². The Bertz CT molecular complexity index is 491. The van der Waals surface area contributed by atoms with Crippen LogP contribution in [0.15, 0.2) is 18.2 Å². The Balaban J connectivity index is 2.56. The Hall–Kier alpha value is -1.48. The van der Waals surface area contributed by atoms with Crippen molar-refractivity contribution in [3.63, 3.8) is 0 Å². The van der Waals surface area contributed by atoms with Crippen LogP contribution < -0.4 is 5.73 Å². The lowest BCUT2D eigenvalue weighted by Crippen LogP contribution is -2.03. The molecule has 0 spiro atoms. The van der Waals surface area contributed by atoms with Gasteiger partial charge in [-0.3, -0.25) is 0 Å². The summed E-state index contributed by atoms with van der Waals surface area (Å²) in [6.07, 6.45) is 0.893. The number of hydrogen-bond acceptors (Lipinski definition) is 3. The predicted octanol–water partition coefficient (Wildman–Crippen LogP) is 1.75. The molecule has 0 fully saturated rings. The summed E-state index contributed by atoms with van der Waals surface area (Å²) in [4.78, 5) is 9.00. The van der Waals surface area contributed by atoms with Gasteiger partial charge >= 0.3 is 0 Å². The van der Waals surface area contributed by atoms with Crippen molar-refractivity contribution in [2.24, 2.45) is 5.73 Å². The summed E-state index contributed by atoms with van der Waals surface area (Å²) >= 11 is 0. The monoisotopic (exact) mass is 201 g/mol. The number of benzene rings is 1. The fourth-order valence-electron chi connectivity index (χ4n) is 1.60. The maximum Gasteiger partial charge on any atom is 0.0892 e. The van der Waals surface area contributed by atoms with E-state index in [-0.39, 0.29) is 0 Å². The van der Waals surface area contributed by atoms with Gasteiger partial charge in [0.15, 0.2) is 0 Å². The molecule has 78 valence electrons. The van der Waals surface area contributed by atoms with E-state index in [0.717, 1.165) is 28.8 Å². The first-order chi connectivity index (χ1) is 7.20. The Kier molecular flexibility index (Phi) is 2.64. The SMILES string of the molecule is Cc1nc2ccc(CCN)cc2nc1C. The molecular formula is C12H15N3. The van der Waals surface area contributed by atoms with Gasteiger partial charge in [-0.1, -0.05) is 6.07 Å². The van der Waals surface area contributed by atoms with Crippen molar-refractivity contribution in [1.29, 1.82) is 0 Å². The molecule has 1 aromatic carbocycles.